The van der Waals surface area contributed by atoms with Crippen LogP contribution in [0, 0.1) is 5.92 Å². The SMILES string of the molecule is CN(Cc1ccc(C(=O)O)cc1)C(=O)CC1CCS(=O)(=O)C1. The molecular weight excluding hydrogens is 306 g/mol. The lowest BCUT2D eigenvalue weighted by molar-refractivity contribution is -0.131. The van der Waals surface area contributed by atoms with Gasteiger partial charge in [0.2, 0.25) is 5.91 Å². The van der Waals surface area contributed by atoms with Gasteiger partial charge in [-0.2, -0.15) is 0 Å². The van der Waals surface area contributed by atoms with Crippen molar-refractivity contribution in [3.63, 3.8) is 0 Å². The summed E-state index contributed by atoms with van der Waals surface area (Å²) < 4.78 is 22.8. The molecule has 0 aliphatic carbocycles. The summed E-state index contributed by atoms with van der Waals surface area (Å²) in [6, 6.07) is 6.35. The number of carbonyl (C=O) groups excluding carboxylic acids is 1. The Labute approximate surface area is 129 Å². The van der Waals surface area contributed by atoms with Crippen LogP contribution in [0.1, 0.15) is 28.8 Å². The van der Waals surface area contributed by atoms with Crippen molar-refractivity contribution < 1.29 is 23.1 Å². The maximum atomic E-state index is 12.1. The van der Waals surface area contributed by atoms with Gasteiger partial charge in [0.1, 0.15) is 0 Å². The smallest absolute Gasteiger partial charge is 0.335 e. The van der Waals surface area contributed by atoms with E-state index in [0.29, 0.717) is 13.0 Å². The number of amides is 1. The highest BCUT2D eigenvalue weighted by Gasteiger charge is 2.30. The van der Waals surface area contributed by atoms with Gasteiger partial charge in [0.25, 0.3) is 0 Å². The third-order valence-electron chi connectivity index (χ3n) is 3.84. The van der Waals surface area contributed by atoms with Crippen molar-refractivity contribution in [2.75, 3.05) is 18.6 Å². The van der Waals surface area contributed by atoms with Gasteiger partial charge in [-0.1, -0.05) is 12.1 Å². The van der Waals surface area contributed by atoms with Crippen LogP contribution >= 0.6 is 0 Å². The first-order valence-corrected chi connectivity index (χ1v) is 8.85. The lowest BCUT2D eigenvalue weighted by atomic mass is 10.0. The number of hydrogen-bond acceptors (Lipinski definition) is 4. The van der Waals surface area contributed by atoms with Gasteiger partial charge >= 0.3 is 5.97 Å². The summed E-state index contributed by atoms with van der Waals surface area (Å²) in [6.45, 7) is 0.373. The lowest BCUT2D eigenvalue weighted by Crippen LogP contribution is -2.28. The highest BCUT2D eigenvalue weighted by molar-refractivity contribution is 7.91. The minimum absolute atomic E-state index is 0.0886. The Kier molecular flexibility index (Phi) is 4.85. The molecule has 1 heterocycles. The first-order chi connectivity index (χ1) is 10.3. The van der Waals surface area contributed by atoms with Crippen LogP contribution in [0.15, 0.2) is 24.3 Å². The molecule has 1 N–H and O–H groups in total. The van der Waals surface area contributed by atoms with E-state index in [4.69, 9.17) is 5.11 Å². The third kappa shape index (κ3) is 4.30. The van der Waals surface area contributed by atoms with Crippen LogP contribution in [-0.4, -0.2) is 48.9 Å². The van der Waals surface area contributed by atoms with Crippen molar-refractivity contribution in [1.29, 1.82) is 0 Å². The quantitative estimate of drug-likeness (QED) is 0.877. The fraction of sp³-hybridized carbons (Fsp3) is 0.467. The van der Waals surface area contributed by atoms with Crippen molar-refractivity contribution in [2.45, 2.75) is 19.4 Å². The van der Waals surface area contributed by atoms with Gasteiger partial charge in [-0.05, 0) is 30.0 Å². The molecule has 1 aromatic rings. The van der Waals surface area contributed by atoms with E-state index in [2.05, 4.69) is 0 Å². The van der Waals surface area contributed by atoms with Crippen LogP contribution in [-0.2, 0) is 21.2 Å². The van der Waals surface area contributed by atoms with Crippen LogP contribution in [0.2, 0.25) is 0 Å². The number of carboxylic acids is 1. The largest absolute Gasteiger partial charge is 0.478 e. The van der Waals surface area contributed by atoms with Crippen LogP contribution in [0.4, 0.5) is 0 Å². The fourth-order valence-electron chi connectivity index (χ4n) is 2.55. The summed E-state index contributed by atoms with van der Waals surface area (Å²) in [4.78, 5) is 24.4. The fourth-order valence-corrected chi connectivity index (χ4v) is 4.41. The molecule has 6 nitrogen and oxygen atoms in total. The monoisotopic (exact) mass is 325 g/mol. The Morgan fingerprint density at radius 1 is 1.27 bits per heavy atom. The van der Waals surface area contributed by atoms with Gasteiger partial charge in [0.05, 0.1) is 17.1 Å². The predicted molar refractivity (Wildman–Crippen MR) is 81.3 cm³/mol. The highest BCUT2D eigenvalue weighted by atomic mass is 32.2. The second-order valence-electron chi connectivity index (χ2n) is 5.73. The Morgan fingerprint density at radius 3 is 2.41 bits per heavy atom. The maximum Gasteiger partial charge on any atom is 0.335 e. The van der Waals surface area contributed by atoms with E-state index in [1.165, 1.54) is 12.1 Å². The van der Waals surface area contributed by atoms with Crippen molar-refractivity contribution in [3.8, 4) is 0 Å². The van der Waals surface area contributed by atoms with Crippen LogP contribution < -0.4 is 0 Å². The third-order valence-corrected chi connectivity index (χ3v) is 5.67. The summed E-state index contributed by atoms with van der Waals surface area (Å²) >= 11 is 0. The molecule has 22 heavy (non-hydrogen) atoms. The molecule has 1 aliphatic heterocycles. The Morgan fingerprint density at radius 2 is 1.91 bits per heavy atom. The minimum atomic E-state index is -2.96. The number of aromatic carboxylic acids is 1. The van der Waals surface area contributed by atoms with Gasteiger partial charge in [-0.15, -0.1) is 0 Å². The van der Waals surface area contributed by atoms with E-state index in [-0.39, 0.29) is 35.3 Å². The first kappa shape index (κ1) is 16.5. The number of nitrogens with zero attached hydrogens (tertiary/aromatic N) is 1. The number of carboxylic acid groups (broad SMARTS) is 1. The summed E-state index contributed by atoms with van der Waals surface area (Å²) in [5, 5.41) is 8.83. The van der Waals surface area contributed by atoms with Crippen LogP contribution in [0.5, 0.6) is 0 Å². The molecule has 0 bridgehead atoms. The second-order valence-corrected chi connectivity index (χ2v) is 7.95. The van der Waals surface area contributed by atoms with E-state index < -0.39 is 15.8 Å². The summed E-state index contributed by atoms with van der Waals surface area (Å²) in [7, 11) is -1.30. The molecule has 1 fully saturated rings. The zero-order valence-electron chi connectivity index (χ0n) is 12.4. The molecule has 120 valence electrons. The van der Waals surface area contributed by atoms with Crippen molar-refractivity contribution in [1.82, 2.24) is 4.90 Å². The van der Waals surface area contributed by atoms with Crippen LogP contribution in [0.3, 0.4) is 0 Å². The summed E-state index contributed by atoms with van der Waals surface area (Å²) in [5.41, 5.74) is 1.04. The number of rotatable bonds is 5. The van der Waals surface area contributed by atoms with E-state index in [1.807, 2.05) is 0 Å². The van der Waals surface area contributed by atoms with E-state index in [0.717, 1.165) is 5.56 Å². The average Bonchev–Trinajstić information content (AvgIpc) is 2.78. The van der Waals surface area contributed by atoms with Gasteiger partial charge in [0.15, 0.2) is 9.84 Å². The molecule has 0 spiro atoms. The maximum absolute atomic E-state index is 12.1. The number of carbonyl (C=O) groups is 2. The van der Waals surface area contributed by atoms with Gasteiger partial charge in [-0.25, -0.2) is 13.2 Å². The van der Waals surface area contributed by atoms with E-state index >= 15 is 0 Å². The van der Waals surface area contributed by atoms with Gasteiger partial charge < -0.3 is 10.0 Å². The number of hydrogen-bond donors (Lipinski definition) is 1. The minimum Gasteiger partial charge on any atom is -0.478 e. The summed E-state index contributed by atoms with van der Waals surface area (Å²) in [5.74, 6) is -0.900. The number of sulfone groups is 1. The second kappa shape index (κ2) is 6.48. The molecule has 1 unspecified atom stereocenters. The van der Waals surface area contributed by atoms with Crippen LogP contribution in [0.25, 0.3) is 0 Å². The average molecular weight is 325 g/mol. The molecule has 1 aromatic carbocycles. The standard InChI is InChI=1S/C15H19NO5S/c1-16(9-11-2-4-13(5-3-11)15(18)19)14(17)8-12-6-7-22(20,21)10-12/h2-5,12H,6-10H2,1H3,(H,18,19). The predicted octanol–water partition coefficient (Wildman–Crippen LogP) is 1.17. The molecule has 1 atom stereocenters. The molecule has 1 saturated heterocycles. The van der Waals surface area contributed by atoms with Crippen molar-refractivity contribution >= 4 is 21.7 Å². The van der Waals surface area contributed by atoms with Crippen molar-refractivity contribution in [2.24, 2.45) is 5.92 Å². The molecule has 0 radical (unpaired) electrons. The van der Waals surface area contributed by atoms with Gasteiger partial charge in [0, 0.05) is 20.0 Å². The zero-order chi connectivity index (χ0) is 16.3. The molecule has 1 aliphatic rings. The highest BCUT2D eigenvalue weighted by Crippen LogP contribution is 2.22. The normalized spacial score (nSPS) is 19.8. The van der Waals surface area contributed by atoms with Gasteiger partial charge in [-0.3, -0.25) is 4.79 Å². The Bertz CT molecular complexity index is 666. The molecule has 7 heteroatoms. The Hall–Kier alpha value is -1.89. The Balaban J connectivity index is 1.90. The molecule has 0 saturated carbocycles. The van der Waals surface area contributed by atoms with E-state index in [9.17, 15) is 18.0 Å². The van der Waals surface area contributed by atoms with E-state index in [1.54, 1.807) is 24.1 Å². The number of benzene rings is 1. The summed E-state index contributed by atoms with van der Waals surface area (Å²) in [6.07, 6.45) is 0.790. The topological polar surface area (TPSA) is 91.8 Å². The van der Waals surface area contributed by atoms with Crippen molar-refractivity contribution in [3.05, 3.63) is 35.4 Å². The lowest BCUT2D eigenvalue weighted by Gasteiger charge is -2.19. The first-order valence-electron chi connectivity index (χ1n) is 7.03. The molecule has 1 amide bonds. The molecule has 2 rings (SSSR count). The molecule has 0 aromatic heterocycles. The zero-order valence-corrected chi connectivity index (χ0v) is 13.2. The molecular formula is C15H19NO5S.